The van der Waals surface area contributed by atoms with E-state index in [1.54, 1.807) is 11.3 Å². The molecule has 3 N–H and O–H groups in total. The van der Waals surface area contributed by atoms with Crippen molar-refractivity contribution in [3.63, 3.8) is 0 Å². The zero-order valence-electron chi connectivity index (χ0n) is 17.8. The summed E-state index contributed by atoms with van der Waals surface area (Å²) in [6, 6.07) is 7.52. The van der Waals surface area contributed by atoms with Crippen LogP contribution in [0.25, 0.3) is 10.2 Å². The zero-order valence-corrected chi connectivity index (χ0v) is 18.6. The summed E-state index contributed by atoms with van der Waals surface area (Å²) in [5.74, 6) is 1.42. The van der Waals surface area contributed by atoms with Crippen molar-refractivity contribution < 1.29 is 9.59 Å². The van der Waals surface area contributed by atoms with Crippen LogP contribution >= 0.6 is 11.3 Å². The highest BCUT2D eigenvalue weighted by Crippen LogP contribution is 2.33. The number of hydrogen-bond acceptors (Lipinski definition) is 6. The minimum Gasteiger partial charge on any atom is -0.365 e. The Bertz CT molecular complexity index is 1060. The molecule has 7 nitrogen and oxygen atoms in total. The van der Waals surface area contributed by atoms with Crippen LogP contribution in [-0.4, -0.2) is 34.9 Å². The molecule has 158 valence electrons. The van der Waals surface area contributed by atoms with Crippen LogP contribution in [0.2, 0.25) is 0 Å². The summed E-state index contributed by atoms with van der Waals surface area (Å²) in [7, 11) is 0. The number of nitrogens with zero attached hydrogens (tertiary/aromatic N) is 2. The normalized spacial score (nSPS) is 10.8. The summed E-state index contributed by atoms with van der Waals surface area (Å²) >= 11 is 1.69. The first-order valence-electron chi connectivity index (χ1n) is 9.95. The van der Waals surface area contributed by atoms with Crippen molar-refractivity contribution in [2.75, 3.05) is 18.4 Å². The van der Waals surface area contributed by atoms with Crippen LogP contribution in [0.15, 0.2) is 24.3 Å². The number of nitrogens with one attached hydrogen (secondary N) is 3. The van der Waals surface area contributed by atoms with Gasteiger partial charge in [-0.05, 0) is 50.5 Å². The lowest BCUT2D eigenvalue weighted by Crippen LogP contribution is -2.28. The van der Waals surface area contributed by atoms with E-state index in [2.05, 4.69) is 39.8 Å². The number of anilines is 1. The molecule has 0 atom stereocenters. The molecule has 0 radical (unpaired) electrons. The molecule has 2 heterocycles. The van der Waals surface area contributed by atoms with Crippen molar-refractivity contribution in [3.8, 4) is 0 Å². The summed E-state index contributed by atoms with van der Waals surface area (Å²) in [6.07, 6.45) is 0.696. The zero-order chi connectivity index (χ0) is 21.7. The van der Waals surface area contributed by atoms with Crippen LogP contribution in [0, 0.1) is 20.8 Å². The Hall–Kier alpha value is -3.00. The van der Waals surface area contributed by atoms with E-state index in [0.29, 0.717) is 31.6 Å². The maximum Gasteiger partial charge on any atom is 0.251 e. The molecule has 0 aliphatic rings. The number of benzene rings is 1. The third kappa shape index (κ3) is 5.33. The van der Waals surface area contributed by atoms with Crippen LogP contribution in [0.5, 0.6) is 0 Å². The van der Waals surface area contributed by atoms with Crippen molar-refractivity contribution in [2.45, 2.75) is 40.7 Å². The first-order valence-corrected chi connectivity index (χ1v) is 10.8. The van der Waals surface area contributed by atoms with Crippen LogP contribution in [0.3, 0.4) is 0 Å². The number of carbonyl (C=O) groups excluding carboxylic acids is 2. The van der Waals surface area contributed by atoms with E-state index in [4.69, 9.17) is 0 Å². The molecule has 0 saturated heterocycles. The fourth-order valence-electron chi connectivity index (χ4n) is 3.10. The third-order valence-corrected chi connectivity index (χ3v) is 5.93. The van der Waals surface area contributed by atoms with Gasteiger partial charge in [0.2, 0.25) is 5.91 Å². The van der Waals surface area contributed by atoms with Crippen LogP contribution < -0.4 is 16.0 Å². The largest absolute Gasteiger partial charge is 0.365 e. The summed E-state index contributed by atoms with van der Waals surface area (Å²) in [6.45, 7) is 9.26. The molecule has 3 aromatic rings. The summed E-state index contributed by atoms with van der Waals surface area (Å²) in [5.41, 5.74) is 2.89. The molecule has 0 saturated carbocycles. The molecule has 8 heteroatoms. The molecular formula is C22H27N5O2S. The van der Waals surface area contributed by atoms with Gasteiger partial charge in [-0.25, -0.2) is 9.97 Å². The van der Waals surface area contributed by atoms with Gasteiger partial charge >= 0.3 is 0 Å². The summed E-state index contributed by atoms with van der Waals surface area (Å²) in [4.78, 5) is 34.4. The molecule has 2 aromatic heterocycles. The number of thiophene rings is 1. The number of carbonyl (C=O) groups is 2. The van der Waals surface area contributed by atoms with Gasteiger partial charge in [-0.3, -0.25) is 9.59 Å². The molecule has 2 amide bonds. The number of hydrogen-bond donors (Lipinski definition) is 3. The minimum atomic E-state index is -0.116. The Balaban J connectivity index is 1.58. The van der Waals surface area contributed by atoms with Crippen molar-refractivity contribution >= 4 is 39.2 Å². The van der Waals surface area contributed by atoms with E-state index in [-0.39, 0.29) is 11.8 Å². The van der Waals surface area contributed by atoms with Crippen molar-refractivity contribution in [2.24, 2.45) is 0 Å². The second-order valence-corrected chi connectivity index (χ2v) is 8.43. The fourth-order valence-corrected chi connectivity index (χ4v) is 4.18. The van der Waals surface area contributed by atoms with Gasteiger partial charge in [0, 0.05) is 37.0 Å². The van der Waals surface area contributed by atoms with E-state index in [0.717, 1.165) is 27.4 Å². The van der Waals surface area contributed by atoms with Gasteiger partial charge < -0.3 is 16.0 Å². The lowest BCUT2D eigenvalue weighted by atomic mass is 10.1. The first kappa shape index (κ1) is 21.7. The average Bonchev–Trinajstić information content (AvgIpc) is 2.99. The Morgan fingerprint density at radius 2 is 1.70 bits per heavy atom. The molecule has 1 aromatic carbocycles. The maximum absolute atomic E-state index is 12.2. The van der Waals surface area contributed by atoms with Gasteiger partial charge in [0.1, 0.15) is 16.5 Å². The SMILES string of the molecule is CC(=O)NCCCNC(=O)c1ccc(CNc2nc(C)nc3sc(C)c(C)c23)cc1. The van der Waals surface area contributed by atoms with E-state index in [9.17, 15) is 9.59 Å². The number of aryl methyl sites for hydroxylation is 3. The number of amides is 2. The third-order valence-electron chi connectivity index (χ3n) is 4.83. The molecule has 0 bridgehead atoms. The van der Waals surface area contributed by atoms with Crippen molar-refractivity contribution in [1.29, 1.82) is 0 Å². The molecule has 3 rings (SSSR count). The predicted molar refractivity (Wildman–Crippen MR) is 121 cm³/mol. The highest BCUT2D eigenvalue weighted by atomic mass is 32.1. The van der Waals surface area contributed by atoms with E-state index >= 15 is 0 Å². The van der Waals surface area contributed by atoms with Gasteiger partial charge in [-0.1, -0.05) is 12.1 Å². The van der Waals surface area contributed by atoms with Gasteiger partial charge in [0.25, 0.3) is 5.91 Å². The van der Waals surface area contributed by atoms with Crippen LogP contribution in [-0.2, 0) is 11.3 Å². The number of aromatic nitrogens is 2. The van der Waals surface area contributed by atoms with Crippen molar-refractivity contribution in [1.82, 2.24) is 20.6 Å². The number of fused-ring (bicyclic) bond motifs is 1. The average molecular weight is 426 g/mol. The van der Waals surface area contributed by atoms with Gasteiger partial charge in [0.05, 0.1) is 5.39 Å². The Morgan fingerprint density at radius 1 is 1.00 bits per heavy atom. The topological polar surface area (TPSA) is 96.0 Å². The Kier molecular flexibility index (Phi) is 6.99. The van der Waals surface area contributed by atoms with Crippen molar-refractivity contribution in [3.05, 3.63) is 51.7 Å². The van der Waals surface area contributed by atoms with Crippen LogP contribution in [0.4, 0.5) is 5.82 Å². The van der Waals surface area contributed by atoms with Gasteiger partial charge in [-0.2, -0.15) is 0 Å². The maximum atomic E-state index is 12.2. The standard InChI is InChI=1S/C22H27N5O2S/c1-13-14(2)30-22-19(13)20(26-15(3)27-22)25-12-17-6-8-18(9-7-17)21(29)24-11-5-10-23-16(4)28/h6-9H,5,10-12H2,1-4H3,(H,23,28)(H,24,29)(H,25,26,27). The second-order valence-electron chi connectivity index (χ2n) is 7.23. The highest BCUT2D eigenvalue weighted by molar-refractivity contribution is 7.18. The molecule has 0 unspecified atom stereocenters. The minimum absolute atomic E-state index is 0.0623. The first-order chi connectivity index (χ1) is 14.3. The lowest BCUT2D eigenvalue weighted by molar-refractivity contribution is -0.118. The predicted octanol–water partition coefficient (Wildman–Crippen LogP) is 3.48. The quantitative estimate of drug-likeness (QED) is 0.480. The molecular weight excluding hydrogens is 398 g/mol. The smallest absolute Gasteiger partial charge is 0.251 e. The monoisotopic (exact) mass is 425 g/mol. The van der Waals surface area contributed by atoms with E-state index in [1.165, 1.54) is 17.4 Å². The lowest BCUT2D eigenvalue weighted by Gasteiger charge is -2.10. The molecule has 0 aliphatic heterocycles. The summed E-state index contributed by atoms with van der Waals surface area (Å²) in [5, 5.41) is 10.1. The second kappa shape index (κ2) is 9.67. The molecule has 30 heavy (non-hydrogen) atoms. The van der Waals surface area contributed by atoms with E-state index in [1.807, 2.05) is 31.2 Å². The molecule has 0 fully saturated rings. The van der Waals surface area contributed by atoms with Crippen LogP contribution in [0.1, 0.15) is 45.5 Å². The molecule has 0 aliphatic carbocycles. The number of rotatable bonds is 8. The van der Waals surface area contributed by atoms with Gasteiger partial charge in [0.15, 0.2) is 0 Å². The Labute approximate surface area is 180 Å². The molecule has 0 spiro atoms. The highest BCUT2D eigenvalue weighted by Gasteiger charge is 2.13. The van der Waals surface area contributed by atoms with E-state index < -0.39 is 0 Å². The fraction of sp³-hybridized carbons (Fsp3) is 0.364. The van der Waals surface area contributed by atoms with Gasteiger partial charge in [-0.15, -0.1) is 11.3 Å². The Morgan fingerprint density at radius 3 is 2.40 bits per heavy atom. The summed E-state index contributed by atoms with van der Waals surface area (Å²) < 4.78 is 0.